The molecule has 10 nitrogen and oxygen atoms in total. The Balaban J connectivity index is 1.66. The van der Waals surface area contributed by atoms with Crippen LogP contribution in [0.15, 0.2) is 48.3 Å². The lowest BCUT2D eigenvalue weighted by Crippen LogP contribution is -2.48. The van der Waals surface area contributed by atoms with Crippen molar-refractivity contribution in [2.45, 2.75) is 24.0 Å². The molecule has 0 spiro atoms. The number of aromatic nitrogens is 4. The SMILES string of the molecule is CNC(=O)c1ccc2c(c1)CC(NS(=O)(=O)c1cn(C)cn1)CN2Cc1cncn1C. The molecule has 0 aliphatic carbocycles. The Hall–Kier alpha value is -3.18. The average molecular weight is 444 g/mol. The van der Waals surface area contributed by atoms with Crippen LogP contribution in [0.4, 0.5) is 5.69 Å². The molecular weight excluding hydrogens is 418 g/mol. The van der Waals surface area contributed by atoms with Gasteiger partial charge in [0.25, 0.3) is 15.9 Å². The van der Waals surface area contributed by atoms with E-state index in [0.29, 0.717) is 25.1 Å². The number of amides is 1. The largest absolute Gasteiger partial charge is 0.364 e. The lowest BCUT2D eigenvalue weighted by atomic mass is 9.96. The summed E-state index contributed by atoms with van der Waals surface area (Å²) in [4.78, 5) is 22.4. The standard InChI is InChI=1S/C20H25N7O3S/c1-21-20(28)14-4-5-18-15(6-14)7-16(9-27(18)10-17-8-22-12-26(17)3)24-31(29,30)19-11-25(2)13-23-19/h4-6,8,11-13,16,24H,7,9-10H2,1-3H3,(H,21,28). The number of imidazole rings is 2. The topological polar surface area (TPSA) is 114 Å². The number of hydrogen-bond acceptors (Lipinski definition) is 6. The first-order valence-corrected chi connectivity index (χ1v) is 11.3. The van der Waals surface area contributed by atoms with Crippen LogP contribution in [0.3, 0.4) is 0 Å². The van der Waals surface area contributed by atoms with E-state index in [1.807, 2.05) is 23.7 Å². The first-order chi connectivity index (χ1) is 14.8. The van der Waals surface area contributed by atoms with Crippen molar-refractivity contribution in [1.29, 1.82) is 0 Å². The fourth-order valence-corrected chi connectivity index (χ4v) is 5.01. The van der Waals surface area contributed by atoms with Gasteiger partial charge in [0.15, 0.2) is 5.03 Å². The van der Waals surface area contributed by atoms with Gasteiger partial charge in [-0.05, 0) is 30.2 Å². The number of anilines is 1. The molecule has 1 aliphatic heterocycles. The summed E-state index contributed by atoms with van der Waals surface area (Å²) in [6, 6.07) is 5.14. The van der Waals surface area contributed by atoms with Crippen LogP contribution in [0, 0.1) is 0 Å². The van der Waals surface area contributed by atoms with Gasteiger partial charge >= 0.3 is 0 Å². The van der Waals surface area contributed by atoms with E-state index in [1.54, 1.807) is 37.3 Å². The van der Waals surface area contributed by atoms with Gasteiger partial charge in [-0.3, -0.25) is 4.79 Å². The van der Waals surface area contributed by atoms with Crippen molar-refractivity contribution in [2.75, 3.05) is 18.5 Å². The summed E-state index contributed by atoms with van der Waals surface area (Å²) in [5.74, 6) is -0.183. The molecule has 3 heterocycles. The number of nitrogens with one attached hydrogen (secondary N) is 2. The monoisotopic (exact) mass is 443 g/mol. The van der Waals surface area contributed by atoms with E-state index >= 15 is 0 Å². The Morgan fingerprint density at radius 3 is 2.71 bits per heavy atom. The zero-order valence-corrected chi connectivity index (χ0v) is 18.4. The zero-order valence-electron chi connectivity index (χ0n) is 17.6. The van der Waals surface area contributed by atoms with Crippen LogP contribution < -0.4 is 14.9 Å². The molecule has 2 N–H and O–H groups in total. The van der Waals surface area contributed by atoms with Crippen LogP contribution in [-0.2, 0) is 37.1 Å². The second kappa shape index (κ2) is 8.16. The normalized spacial score (nSPS) is 16.2. The molecule has 1 unspecified atom stereocenters. The Bertz CT molecular complexity index is 1220. The lowest BCUT2D eigenvalue weighted by molar-refractivity contribution is 0.0963. The predicted molar refractivity (Wildman–Crippen MR) is 115 cm³/mol. The smallest absolute Gasteiger partial charge is 0.259 e. The highest BCUT2D eigenvalue weighted by molar-refractivity contribution is 7.89. The van der Waals surface area contributed by atoms with Gasteiger partial charge in [-0.15, -0.1) is 0 Å². The maximum Gasteiger partial charge on any atom is 0.259 e. The molecule has 1 amide bonds. The molecule has 0 saturated carbocycles. The first kappa shape index (κ1) is 21.1. The third kappa shape index (κ3) is 4.32. The van der Waals surface area contributed by atoms with E-state index in [9.17, 15) is 13.2 Å². The summed E-state index contributed by atoms with van der Waals surface area (Å²) in [6.45, 7) is 1.04. The van der Waals surface area contributed by atoms with Crippen LogP contribution >= 0.6 is 0 Å². The highest BCUT2D eigenvalue weighted by Crippen LogP contribution is 2.30. The van der Waals surface area contributed by atoms with Crippen molar-refractivity contribution >= 4 is 21.6 Å². The molecule has 0 saturated heterocycles. The van der Waals surface area contributed by atoms with Crippen LogP contribution in [-0.4, -0.2) is 53.1 Å². The van der Waals surface area contributed by atoms with E-state index in [4.69, 9.17) is 0 Å². The van der Waals surface area contributed by atoms with Crippen molar-refractivity contribution < 1.29 is 13.2 Å². The van der Waals surface area contributed by atoms with Crippen molar-refractivity contribution in [1.82, 2.24) is 29.1 Å². The Morgan fingerprint density at radius 2 is 2.06 bits per heavy atom. The van der Waals surface area contributed by atoms with Gasteiger partial charge in [-0.2, -0.15) is 0 Å². The number of sulfonamides is 1. The molecule has 11 heteroatoms. The van der Waals surface area contributed by atoms with Gasteiger partial charge in [-0.1, -0.05) is 0 Å². The highest BCUT2D eigenvalue weighted by Gasteiger charge is 2.30. The summed E-state index contributed by atoms with van der Waals surface area (Å²) in [5.41, 5.74) is 3.41. The maximum atomic E-state index is 12.8. The molecule has 1 aliphatic rings. The molecule has 4 rings (SSSR count). The molecule has 0 fully saturated rings. The number of carbonyl (C=O) groups excluding carboxylic acids is 1. The summed E-state index contributed by atoms with van der Waals surface area (Å²) in [5, 5.41) is 2.61. The van der Waals surface area contributed by atoms with Gasteiger partial charge < -0.3 is 19.4 Å². The van der Waals surface area contributed by atoms with Gasteiger partial charge in [0.05, 0.1) is 24.9 Å². The van der Waals surface area contributed by atoms with Gasteiger partial charge in [0, 0.05) is 57.4 Å². The Morgan fingerprint density at radius 1 is 1.26 bits per heavy atom. The van der Waals surface area contributed by atoms with Crippen LogP contribution in [0.1, 0.15) is 21.6 Å². The molecule has 2 aromatic heterocycles. The molecule has 0 bridgehead atoms. The first-order valence-electron chi connectivity index (χ1n) is 9.82. The van der Waals surface area contributed by atoms with E-state index in [0.717, 1.165) is 16.9 Å². The van der Waals surface area contributed by atoms with Crippen LogP contribution in [0.5, 0.6) is 0 Å². The lowest BCUT2D eigenvalue weighted by Gasteiger charge is -2.36. The minimum Gasteiger partial charge on any atom is -0.364 e. The van der Waals surface area contributed by atoms with E-state index in [2.05, 4.69) is 24.9 Å². The van der Waals surface area contributed by atoms with E-state index < -0.39 is 10.0 Å². The predicted octanol–water partition coefficient (Wildman–Crippen LogP) is 0.423. The number of nitrogens with zero attached hydrogens (tertiary/aromatic N) is 5. The number of rotatable bonds is 6. The minimum absolute atomic E-state index is 0.0157. The van der Waals surface area contributed by atoms with Gasteiger partial charge in [0.1, 0.15) is 0 Å². The number of hydrogen-bond donors (Lipinski definition) is 2. The van der Waals surface area contributed by atoms with Crippen LogP contribution in [0.2, 0.25) is 0 Å². The summed E-state index contributed by atoms with van der Waals surface area (Å²) < 4.78 is 32.0. The number of aryl methyl sites for hydroxylation is 2. The third-order valence-corrected chi connectivity index (χ3v) is 6.77. The van der Waals surface area contributed by atoms with E-state index in [1.165, 1.54) is 12.5 Å². The third-order valence-electron chi connectivity index (χ3n) is 5.36. The van der Waals surface area contributed by atoms with Crippen LogP contribution in [0.25, 0.3) is 0 Å². The fraction of sp³-hybridized carbons (Fsp3) is 0.350. The molecule has 164 valence electrons. The fourth-order valence-electron chi connectivity index (χ4n) is 3.81. The quantitative estimate of drug-likeness (QED) is 0.571. The van der Waals surface area contributed by atoms with Crippen molar-refractivity contribution in [2.24, 2.45) is 14.1 Å². The van der Waals surface area contributed by atoms with Crippen molar-refractivity contribution in [3.8, 4) is 0 Å². The molecule has 31 heavy (non-hydrogen) atoms. The Kier molecular flexibility index (Phi) is 5.54. The number of benzene rings is 1. The Labute approximate surface area is 181 Å². The second-order valence-electron chi connectivity index (χ2n) is 7.70. The summed E-state index contributed by atoms with van der Waals surface area (Å²) in [6.07, 6.45) is 6.91. The zero-order chi connectivity index (χ0) is 22.2. The molecule has 3 aromatic rings. The van der Waals surface area contributed by atoms with Gasteiger partial charge in [0.2, 0.25) is 0 Å². The van der Waals surface area contributed by atoms with Crippen molar-refractivity contribution in [3.63, 3.8) is 0 Å². The maximum absolute atomic E-state index is 12.8. The number of fused-ring (bicyclic) bond motifs is 1. The molecule has 1 aromatic carbocycles. The number of carbonyl (C=O) groups is 1. The van der Waals surface area contributed by atoms with Crippen molar-refractivity contribution in [3.05, 3.63) is 60.1 Å². The average Bonchev–Trinajstić information content (AvgIpc) is 3.35. The second-order valence-corrected chi connectivity index (χ2v) is 9.36. The minimum atomic E-state index is -3.77. The summed E-state index contributed by atoms with van der Waals surface area (Å²) >= 11 is 0. The van der Waals surface area contributed by atoms with E-state index in [-0.39, 0.29) is 17.0 Å². The molecular formula is C20H25N7O3S. The molecule has 0 radical (unpaired) electrons. The summed E-state index contributed by atoms with van der Waals surface area (Å²) in [7, 11) is 1.45. The molecule has 1 atom stereocenters. The van der Waals surface area contributed by atoms with Gasteiger partial charge in [-0.25, -0.2) is 23.1 Å². The highest BCUT2D eigenvalue weighted by atomic mass is 32.2.